The lowest BCUT2D eigenvalue weighted by molar-refractivity contribution is -0.118. The number of para-hydroxylation sites is 1. The van der Waals surface area contributed by atoms with Gasteiger partial charge in [-0.05, 0) is 79.3 Å². The number of anilines is 2. The maximum absolute atomic E-state index is 12.8. The number of hydrogen-bond acceptors (Lipinski definition) is 3. The Morgan fingerprint density at radius 2 is 1.44 bits per heavy atom. The van der Waals surface area contributed by atoms with Gasteiger partial charge in [0.05, 0.1) is 0 Å². The first-order valence-corrected chi connectivity index (χ1v) is 10.9. The Labute approximate surface area is 189 Å². The van der Waals surface area contributed by atoms with E-state index in [-0.39, 0.29) is 18.4 Å². The summed E-state index contributed by atoms with van der Waals surface area (Å²) in [6.45, 7) is 8.02. The molecule has 2 amide bonds. The van der Waals surface area contributed by atoms with Gasteiger partial charge in [-0.2, -0.15) is 0 Å². The van der Waals surface area contributed by atoms with Crippen molar-refractivity contribution in [2.24, 2.45) is 0 Å². The Bertz CT molecular complexity index is 1080. The van der Waals surface area contributed by atoms with Crippen LogP contribution in [-0.4, -0.2) is 18.4 Å². The van der Waals surface area contributed by atoms with Gasteiger partial charge in [-0.15, -0.1) is 0 Å². The lowest BCUT2D eigenvalue weighted by atomic mass is 10.0. The molecular weight excluding hydrogens is 400 g/mol. The normalized spacial score (nSPS) is 10.5. The quantitative estimate of drug-likeness (QED) is 0.482. The Morgan fingerprint density at radius 1 is 0.812 bits per heavy atom. The first-order chi connectivity index (χ1) is 15.4. The number of amides is 2. The first kappa shape index (κ1) is 23.1. The molecule has 3 aromatic rings. The van der Waals surface area contributed by atoms with Crippen molar-refractivity contribution in [3.8, 4) is 5.75 Å². The van der Waals surface area contributed by atoms with Crippen LogP contribution in [0.3, 0.4) is 0 Å². The largest absolute Gasteiger partial charge is 0.484 e. The summed E-state index contributed by atoms with van der Waals surface area (Å²) in [5.74, 6) is 0.129. The lowest BCUT2D eigenvalue weighted by Crippen LogP contribution is -2.21. The van der Waals surface area contributed by atoms with E-state index < -0.39 is 0 Å². The average Bonchev–Trinajstić information content (AvgIpc) is 2.81. The molecule has 0 aliphatic rings. The maximum atomic E-state index is 12.8. The minimum absolute atomic E-state index is 0.108. The fraction of sp³-hybridized carbons (Fsp3) is 0.259. The number of carbonyl (C=O) groups is 2. The van der Waals surface area contributed by atoms with Gasteiger partial charge >= 0.3 is 0 Å². The van der Waals surface area contributed by atoms with Crippen molar-refractivity contribution in [3.05, 3.63) is 88.5 Å². The highest BCUT2D eigenvalue weighted by molar-refractivity contribution is 6.05. The molecule has 0 bridgehead atoms. The van der Waals surface area contributed by atoms with Crippen molar-refractivity contribution in [1.82, 2.24) is 0 Å². The van der Waals surface area contributed by atoms with Crippen molar-refractivity contribution in [2.75, 3.05) is 17.2 Å². The van der Waals surface area contributed by atoms with Gasteiger partial charge in [-0.1, -0.05) is 44.2 Å². The molecule has 0 aromatic heterocycles. The SMILES string of the molecule is CCc1cccc(CC)c1NC(=O)c1ccc(OCC(=O)Nc2cccc(C)c2C)cc1. The number of nitrogens with one attached hydrogen (secondary N) is 2. The summed E-state index contributed by atoms with van der Waals surface area (Å²) in [4.78, 5) is 25.0. The molecule has 166 valence electrons. The third-order valence-corrected chi connectivity index (χ3v) is 5.60. The van der Waals surface area contributed by atoms with Crippen molar-refractivity contribution in [2.45, 2.75) is 40.5 Å². The van der Waals surface area contributed by atoms with Crippen LogP contribution in [0.25, 0.3) is 0 Å². The lowest BCUT2D eigenvalue weighted by Gasteiger charge is -2.14. The van der Waals surface area contributed by atoms with E-state index in [4.69, 9.17) is 4.74 Å². The van der Waals surface area contributed by atoms with Crippen LogP contribution in [0.5, 0.6) is 5.75 Å². The third kappa shape index (κ3) is 5.55. The molecule has 0 heterocycles. The Morgan fingerprint density at radius 3 is 2.06 bits per heavy atom. The van der Waals surface area contributed by atoms with Gasteiger partial charge < -0.3 is 15.4 Å². The van der Waals surface area contributed by atoms with Gasteiger partial charge in [0.1, 0.15) is 5.75 Å². The van der Waals surface area contributed by atoms with Crippen LogP contribution < -0.4 is 15.4 Å². The monoisotopic (exact) mass is 430 g/mol. The van der Waals surface area contributed by atoms with Gasteiger partial charge in [0.15, 0.2) is 6.61 Å². The summed E-state index contributed by atoms with van der Waals surface area (Å²) in [5, 5.41) is 5.93. The highest BCUT2D eigenvalue weighted by atomic mass is 16.5. The van der Waals surface area contributed by atoms with Crippen LogP contribution in [0.1, 0.15) is 46.5 Å². The van der Waals surface area contributed by atoms with Crippen LogP contribution in [-0.2, 0) is 17.6 Å². The smallest absolute Gasteiger partial charge is 0.262 e. The molecular formula is C27H30N2O3. The van der Waals surface area contributed by atoms with Gasteiger partial charge in [0.25, 0.3) is 11.8 Å². The molecule has 3 aromatic carbocycles. The van der Waals surface area contributed by atoms with E-state index >= 15 is 0 Å². The Balaban J connectivity index is 1.60. The molecule has 32 heavy (non-hydrogen) atoms. The molecule has 3 rings (SSSR count). The summed E-state index contributed by atoms with van der Waals surface area (Å²) in [5.41, 5.74) is 6.60. The molecule has 0 atom stereocenters. The van der Waals surface area contributed by atoms with Crippen LogP contribution in [0.2, 0.25) is 0 Å². The predicted molar refractivity (Wildman–Crippen MR) is 130 cm³/mol. The van der Waals surface area contributed by atoms with E-state index in [1.54, 1.807) is 24.3 Å². The third-order valence-electron chi connectivity index (χ3n) is 5.60. The van der Waals surface area contributed by atoms with Crippen LogP contribution in [0.15, 0.2) is 60.7 Å². The molecule has 0 spiro atoms. The maximum Gasteiger partial charge on any atom is 0.262 e. The van der Waals surface area contributed by atoms with E-state index in [0.717, 1.165) is 46.5 Å². The topological polar surface area (TPSA) is 67.4 Å². The summed E-state index contributed by atoms with van der Waals surface area (Å²) in [6.07, 6.45) is 1.70. The van der Waals surface area contributed by atoms with Crippen molar-refractivity contribution < 1.29 is 14.3 Å². The van der Waals surface area contributed by atoms with Crippen LogP contribution >= 0.6 is 0 Å². The van der Waals surface area contributed by atoms with Gasteiger partial charge in [-0.25, -0.2) is 0 Å². The molecule has 0 aliphatic heterocycles. The van der Waals surface area contributed by atoms with E-state index in [1.165, 1.54) is 0 Å². The summed E-state index contributed by atoms with van der Waals surface area (Å²) >= 11 is 0. The van der Waals surface area contributed by atoms with E-state index in [1.807, 2.05) is 50.2 Å². The highest BCUT2D eigenvalue weighted by Crippen LogP contribution is 2.24. The highest BCUT2D eigenvalue weighted by Gasteiger charge is 2.12. The number of aryl methyl sites for hydroxylation is 3. The zero-order valence-electron chi connectivity index (χ0n) is 19.1. The van der Waals surface area contributed by atoms with E-state index in [0.29, 0.717) is 11.3 Å². The van der Waals surface area contributed by atoms with Crippen molar-refractivity contribution in [1.29, 1.82) is 0 Å². The number of carbonyl (C=O) groups excluding carboxylic acids is 2. The zero-order chi connectivity index (χ0) is 23.1. The molecule has 0 unspecified atom stereocenters. The molecule has 0 saturated carbocycles. The number of ether oxygens (including phenoxy) is 1. The van der Waals surface area contributed by atoms with Crippen molar-refractivity contribution in [3.63, 3.8) is 0 Å². The second-order valence-electron chi connectivity index (χ2n) is 7.72. The van der Waals surface area contributed by atoms with Crippen molar-refractivity contribution >= 4 is 23.2 Å². The van der Waals surface area contributed by atoms with E-state index in [2.05, 4.69) is 24.5 Å². The molecule has 2 N–H and O–H groups in total. The summed E-state index contributed by atoms with van der Waals surface area (Å²) in [7, 11) is 0. The molecule has 0 aliphatic carbocycles. The molecule has 5 nitrogen and oxygen atoms in total. The van der Waals surface area contributed by atoms with Crippen LogP contribution in [0.4, 0.5) is 11.4 Å². The number of benzene rings is 3. The van der Waals surface area contributed by atoms with Gasteiger partial charge in [-0.3, -0.25) is 9.59 Å². The zero-order valence-corrected chi connectivity index (χ0v) is 19.1. The van der Waals surface area contributed by atoms with E-state index in [9.17, 15) is 9.59 Å². The average molecular weight is 431 g/mol. The molecule has 0 saturated heterocycles. The number of rotatable bonds is 8. The fourth-order valence-electron chi connectivity index (χ4n) is 3.51. The minimum Gasteiger partial charge on any atom is -0.484 e. The van der Waals surface area contributed by atoms with Gasteiger partial charge in [0, 0.05) is 16.9 Å². The first-order valence-electron chi connectivity index (χ1n) is 10.9. The van der Waals surface area contributed by atoms with Crippen LogP contribution in [0, 0.1) is 13.8 Å². The second kappa shape index (κ2) is 10.6. The standard InChI is InChI=1S/C27H30N2O3/c1-5-20-10-8-11-21(6-2)26(20)29-27(31)22-13-15-23(16-14-22)32-17-25(30)28-24-12-7-9-18(3)19(24)4/h7-16H,5-6,17H2,1-4H3,(H,28,30)(H,29,31). The Kier molecular flexibility index (Phi) is 7.66. The molecule has 0 radical (unpaired) electrons. The van der Waals surface area contributed by atoms with Gasteiger partial charge in [0.2, 0.25) is 0 Å². The predicted octanol–water partition coefficient (Wildman–Crippen LogP) is 5.70. The molecule has 0 fully saturated rings. The fourth-order valence-corrected chi connectivity index (χ4v) is 3.51. The summed E-state index contributed by atoms with van der Waals surface area (Å²) in [6, 6.07) is 18.7. The Hall–Kier alpha value is -3.60. The second-order valence-corrected chi connectivity index (χ2v) is 7.72. The minimum atomic E-state index is -0.233. The number of hydrogen-bond donors (Lipinski definition) is 2. The summed E-state index contributed by atoms with van der Waals surface area (Å²) < 4.78 is 5.59. The molecule has 5 heteroatoms.